The van der Waals surface area contributed by atoms with Gasteiger partial charge in [0.2, 0.25) is 0 Å². The summed E-state index contributed by atoms with van der Waals surface area (Å²) >= 11 is 6.30. The molecule has 0 saturated carbocycles. The number of aromatic nitrogens is 1. The van der Waals surface area contributed by atoms with Crippen molar-refractivity contribution in [3.8, 4) is 22.8 Å². The Morgan fingerprint density at radius 2 is 1.74 bits per heavy atom. The fraction of sp³-hybridized carbons (Fsp3) is 0.421. The van der Waals surface area contributed by atoms with Gasteiger partial charge in [-0.05, 0) is 30.7 Å². The quantitative estimate of drug-likeness (QED) is 0.585. The molecule has 0 unspecified atom stereocenters. The predicted molar refractivity (Wildman–Crippen MR) is 95.2 cm³/mol. The lowest BCUT2D eigenvalue weighted by atomic mass is 10.1. The van der Waals surface area contributed by atoms with E-state index in [1.165, 1.54) is 32.1 Å². The summed E-state index contributed by atoms with van der Waals surface area (Å²) in [4.78, 5) is 4.38. The molecule has 2 rings (SSSR count). The molecule has 23 heavy (non-hydrogen) atoms. The highest BCUT2D eigenvalue weighted by Crippen LogP contribution is 2.29. The molecule has 0 aliphatic rings. The molecule has 1 heterocycles. The Hall–Kier alpha value is -1.74. The molecular formula is C19H24ClNO2. The molecule has 0 bridgehead atoms. The zero-order chi connectivity index (χ0) is 16.5. The fourth-order valence-electron chi connectivity index (χ4n) is 2.40. The second-order valence-corrected chi connectivity index (χ2v) is 6.07. The molecule has 1 aromatic heterocycles. The maximum absolute atomic E-state index is 9.33. The number of phenolic OH excluding ortho intramolecular Hbond substituents is 1. The number of pyridine rings is 1. The number of benzene rings is 1. The summed E-state index contributed by atoms with van der Waals surface area (Å²) in [6.45, 7) is 2.92. The van der Waals surface area contributed by atoms with Crippen molar-refractivity contribution in [1.82, 2.24) is 4.98 Å². The van der Waals surface area contributed by atoms with Crippen LogP contribution in [0.3, 0.4) is 0 Å². The van der Waals surface area contributed by atoms with Crippen LogP contribution >= 0.6 is 11.6 Å². The number of ether oxygens (including phenoxy) is 1. The van der Waals surface area contributed by atoms with E-state index in [1.807, 2.05) is 0 Å². The van der Waals surface area contributed by atoms with Crippen LogP contribution in [0.5, 0.6) is 11.5 Å². The minimum Gasteiger partial charge on any atom is -0.508 e. The van der Waals surface area contributed by atoms with Crippen LogP contribution in [0.1, 0.15) is 45.4 Å². The van der Waals surface area contributed by atoms with E-state index in [0.29, 0.717) is 23.1 Å². The number of nitrogens with zero attached hydrogens (tertiary/aromatic N) is 1. The van der Waals surface area contributed by atoms with Crippen LogP contribution < -0.4 is 4.74 Å². The number of aromatic hydroxyl groups is 1. The van der Waals surface area contributed by atoms with Crippen LogP contribution in [0.4, 0.5) is 0 Å². The third kappa shape index (κ3) is 5.76. The molecule has 124 valence electrons. The van der Waals surface area contributed by atoms with Gasteiger partial charge >= 0.3 is 0 Å². The molecule has 0 saturated heterocycles. The zero-order valence-electron chi connectivity index (χ0n) is 13.6. The van der Waals surface area contributed by atoms with Gasteiger partial charge in [-0.1, -0.05) is 50.6 Å². The molecule has 1 aromatic carbocycles. The summed E-state index contributed by atoms with van der Waals surface area (Å²) in [5.41, 5.74) is 1.56. The van der Waals surface area contributed by atoms with Gasteiger partial charge in [0, 0.05) is 11.6 Å². The maximum atomic E-state index is 9.33. The number of hydrogen-bond donors (Lipinski definition) is 1. The molecule has 0 atom stereocenters. The first-order valence-corrected chi connectivity index (χ1v) is 8.66. The van der Waals surface area contributed by atoms with Gasteiger partial charge in [-0.2, -0.15) is 0 Å². The van der Waals surface area contributed by atoms with Gasteiger partial charge in [0.1, 0.15) is 11.5 Å². The Balaban J connectivity index is 1.83. The molecule has 2 aromatic rings. The molecule has 1 N–H and O–H groups in total. The average molecular weight is 334 g/mol. The van der Waals surface area contributed by atoms with Crippen molar-refractivity contribution in [2.45, 2.75) is 45.4 Å². The van der Waals surface area contributed by atoms with E-state index in [1.54, 1.807) is 36.5 Å². The summed E-state index contributed by atoms with van der Waals surface area (Å²) in [6.07, 6.45) is 9.13. The van der Waals surface area contributed by atoms with Gasteiger partial charge in [-0.25, -0.2) is 0 Å². The van der Waals surface area contributed by atoms with Gasteiger partial charge in [0.05, 0.1) is 23.5 Å². The molecule has 0 spiro atoms. The minimum atomic E-state index is 0.226. The monoisotopic (exact) mass is 333 g/mol. The first kappa shape index (κ1) is 17.6. The van der Waals surface area contributed by atoms with E-state index in [2.05, 4.69) is 11.9 Å². The van der Waals surface area contributed by atoms with Crippen molar-refractivity contribution in [1.29, 1.82) is 0 Å². The number of rotatable bonds is 9. The Morgan fingerprint density at radius 3 is 2.43 bits per heavy atom. The smallest absolute Gasteiger partial charge is 0.139 e. The van der Waals surface area contributed by atoms with Crippen LogP contribution in [0.15, 0.2) is 36.5 Å². The molecule has 3 nitrogen and oxygen atoms in total. The second-order valence-electron chi connectivity index (χ2n) is 5.66. The van der Waals surface area contributed by atoms with Crippen LogP contribution in [-0.2, 0) is 0 Å². The summed E-state index contributed by atoms with van der Waals surface area (Å²) in [5.74, 6) is 0.926. The summed E-state index contributed by atoms with van der Waals surface area (Å²) < 4.78 is 5.72. The third-order valence-corrected chi connectivity index (χ3v) is 4.01. The molecular weight excluding hydrogens is 310 g/mol. The largest absolute Gasteiger partial charge is 0.508 e. The Morgan fingerprint density at radius 1 is 1.04 bits per heavy atom. The number of hydrogen-bond acceptors (Lipinski definition) is 3. The maximum Gasteiger partial charge on any atom is 0.139 e. The van der Waals surface area contributed by atoms with Gasteiger partial charge in [-0.15, -0.1) is 0 Å². The number of phenols is 1. The first-order valence-electron chi connectivity index (χ1n) is 8.28. The zero-order valence-corrected chi connectivity index (χ0v) is 14.4. The SMILES string of the molecule is CCCCCCCCOc1cnc(-c2ccc(O)cc2)c(Cl)c1. The summed E-state index contributed by atoms with van der Waals surface area (Å²) in [7, 11) is 0. The lowest BCUT2D eigenvalue weighted by Gasteiger charge is -2.09. The first-order chi connectivity index (χ1) is 11.2. The Bertz CT molecular complexity index is 599. The number of halogens is 1. The van der Waals surface area contributed by atoms with E-state index in [0.717, 1.165) is 12.0 Å². The molecule has 0 radical (unpaired) electrons. The average Bonchev–Trinajstić information content (AvgIpc) is 2.55. The van der Waals surface area contributed by atoms with E-state index < -0.39 is 0 Å². The highest BCUT2D eigenvalue weighted by Gasteiger charge is 2.07. The fourth-order valence-corrected chi connectivity index (χ4v) is 2.67. The van der Waals surface area contributed by atoms with Crippen molar-refractivity contribution >= 4 is 11.6 Å². The van der Waals surface area contributed by atoms with E-state index in [-0.39, 0.29) is 5.75 Å². The highest BCUT2D eigenvalue weighted by atomic mass is 35.5. The molecule has 0 aliphatic heterocycles. The topological polar surface area (TPSA) is 42.4 Å². The van der Waals surface area contributed by atoms with E-state index in [4.69, 9.17) is 16.3 Å². The van der Waals surface area contributed by atoms with Gasteiger partial charge < -0.3 is 9.84 Å². The van der Waals surface area contributed by atoms with Gasteiger partial charge in [0.25, 0.3) is 0 Å². The Labute approximate surface area is 143 Å². The second kappa shape index (κ2) is 9.41. The molecule has 4 heteroatoms. The highest BCUT2D eigenvalue weighted by molar-refractivity contribution is 6.33. The molecule has 0 fully saturated rings. The standard InChI is InChI=1S/C19H24ClNO2/c1-2-3-4-5-6-7-12-23-17-13-18(20)19(21-14-17)15-8-10-16(22)11-9-15/h8-11,13-14,22H,2-7,12H2,1H3. The predicted octanol–water partition coefficient (Wildman–Crippen LogP) is 5.85. The lowest BCUT2D eigenvalue weighted by molar-refractivity contribution is 0.303. The lowest BCUT2D eigenvalue weighted by Crippen LogP contribution is -1.98. The van der Waals surface area contributed by atoms with Crippen LogP contribution in [0.2, 0.25) is 5.02 Å². The van der Waals surface area contributed by atoms with Crippen molar-refractivity contribution < 1.29 is 9.84 Å². The van der Waals surface area contributed by atoms with Gasteiger partial charge in [-0.3, -0.25) is 4.98 Å². The Kier molecular flexibility index (Phi) is 7.21. The normalized spacial score (nSPS) is 10.7. The van der Waals surface area contributed by atoms with Crippen molar-refractivity contribution in [3.05, 3.63) is 41.6 Å². The van der Waals surface area contributed by atoms with Crippen LogP contribution in [0, 0.1) is 0 Å². The van der Waals surface area contributed by atoms with Crippen molar-refractivity contribution in [2.24, 2.45) is 0 Å². The summed E-state index contributed by atoms with van der Waals surface area (Å²) in [6, 6.07) is 8.63. The van der Waals surface area contributed by atoms with E-state index >= 15 is 0 Å². The molecule has 0 amide bonds. The van der Waals surface area contributed by atoms with Crippen LogP contribution in [-0.4, -0.2) is 16.7 Å². The van der Waals surface area contributed by atoms with Crippen molar-refractivity contribution in [2.75, 3.05) is 6.61 Å². The summed E-state index contributed by atoms with van der Waals surface area (Å²) in [5, 5.41) is 9.88. The van der Waals surface area contributed by atoms with Gasteiger partial charge in [0.15, 0.2) is 0 Å². The minimum absolute atomic E-state index is 0.226. The van der Waals surface area contributed by atoms with Crippen molar-refractivity contribution in [3.63, 3.8) is 0 Å². The van der Waals surface area contributed by atoms with E-state index in [9.17, 15) is 5.11 Å². The molecule has 0 aliphatic carbocycles. The van der Waals surface area contributed by atoms with Crippen LogP contribution in [0.25, 0.3) is 11.3 Å². The number of unbranched alkanes of at least 4 members (excludes halogenated alkanes) is 5. The third-order valence-electron chi connectivity index (χ3n) is 3.72.